The molecule has 1 fully saturated rings. The summed E-state index contributed by atoms with van der Waals surface area (Å²) in [5, 5.41) is 0. The van der Waals surface area contributed by atoms with Crippen LogP contribution in [0.2, 0.25) is 0 Å². The van der Waals surface area contributed by atoms with Gasteiger partial charge in [0.05, 0.1) is 0 Å². The average molecular weight is 179 g/mol. The lowest BCUT2D eigenvalue weighted by Gasteiger charge is -2.15. The van der Waals surface area contributed by atoms with Gasteiger partial charge in [0.2, 0.25) is 5.88 Å². The lowest BCUT2D eigenvalue weighted by Crippen LogP contribution is -2.29. The minimum absolute atomic E-state index is 0.126. The van der Waals surface area contributed by atoms with Crippen molar-refractivity contribution in [1.29, 1.82) is 0 Å². The van der Waals surface area contributed by atoms with E-state index < -0.39 is 0 Å². The molecule has 1 heterocycles. The third-order valence-electron chi connectivity index (χ3n) is 2.34. The lowest BCUT2D eigenvalue weighted by atomic mass is 10.3. The highest BCUT2D eigenvalue weighted by Gasteiger charge is 2.44. The molecular formula is C9H13N3O. The summed E-state index contributed by atoms with van der Waals surface area (Å²) in [5.41, 5.74) is 6.43. The summed E-state index contributed by atoms with van der Waals surface area (Å²) in [6.45, 7) is 2.50. The third-order valence-corrected chi connectivity index (χ3v) is 2.34. The maximum absolute atomic E-state index is 5.72. The molecule has 2 N–H and O–H groups in total. The summed E-state index contributed by atoms with van der Waals surface area (Å²) < 4.78 is 5.72. The molecule has 1 aromatic heterocycles. The molecule has 1 aliphatic rings. The predicted octanol–water partition coefficient (Wildman–Crippen LogP) is 0.655. The number of aryl methyl sites for hydroxylation is 1. The van der Waals surface area contributed by atoms with Crippen LogP contribution in [0.15, 0.2) is 12.5 Å². The molecule has 4 nitrogen and oxygen atoms in total. The van der Waals surface area contributed by atoms with E-state index in [1.54, 1.807) is 6.20 Å². The molecule has 70 valence electrons. The molecule has 1 saturated carbocycles. The van der Waals surface area contributed by atoms with E-state index in [-0.39, 0.29) is 5.60 Å². The van der Waals surface area contributed by atoms with Gasteiger partial charge in [0.15, 0.2) is 0 Å². The topological polar surface area (TPSA) is 61.0 Å². The summed E-state index contributed by atoms with van der Waals surface area (Å²) in [4.78, 5) is 7.96. The molecule has 0 unspecified atom stereocenters. The predicted molar refractivity (Wildman–Crippen MR) is 48.4 cm³/mol. The van der Waals surface area contributed by atoms with Crippen LogP contribution in [0.5, 0.6) is 5.88 Å². The minimum atomic E-state index is -0.126. The molecule has 0 aliphatic heterocycles. The van der Waals surface area contributed by atoms with Crippen molar-refractivity contribution in [2.24, 2.45) is 5.73 Å². The smallest absolute Gasteiger partial charge is 0.219 e. The van der Waals surface area contributed by atoms with Gasteiger partial charge < -0.3 is 10.5 Å². The van der Waals surface area contributed by atoms with Crippen LogP contribution in [0.1, 0.15) is 18.4 Å². The summed E-state index contributed by atoms with van der Waals surface area (Å²) in [6.07, 6.45) is 5.31. The molecule has 0 atom stereocenters. The van der Waals surface area contributed by atoms with Crippen LogP contribution in [0.3, 0.4) is 0 Å². The van der Waals surface area contributed by atoms with Crippen LogP contribution in [0, 0.1) is 6.92 Å². The van der Waals surface area contributed by atoms with Gasteiger partial charge in [-0.2, -0.15) is 0 Å². The number of hydrogen-bond acceptors (Lipinski definition) is 4. The first-order valence-electron chi connectivity index (χ1n) is 4.41. The summed E-state index contributed by atoms with van der Waals surface area (Å²) in [6, 6.07) is 0. The number of ether oxygens (including phenoxy) is 1. The average Bonchev–Trinajstić information content (AvgIpc) is 2.90. The highest BCUT2D eigenvalue weighted by molar-refractivity contribution is 5.22. The second-order valence-electron chi connectivity index (χ2n) is 3.50. The Morgan fingerprint density at radius 3 is 2.92 bits per heavy atom. The van der Waals surface area contributed by atoms with Gasteiger partial charge in [0.1, 0.15) is 11.9 Å². The lowest BCUT2D eigenvalue weighted by molar-refractivity contribution is 0.177. The Morgan fingerprint density at radius 2 is 2.38 bits per heavy atom. The highest BCUT2D eigenvalue weighted by atomic mass is 16.5. The molecule has 0 amide bonds. The Labute approximate surface area is 77.1 Å². The van der Waals surface area contributed by atoms with Gasteiger partial charge in [-0.05, 0) is 19.8 Å². The molecule has 0 radical (unpaired) electrons. The third kappa shape index (κ3) is 1.62. The van der Waals surface area contributed by atoms with Gasteiger partial charge >= 0.3 is 0 Å². The Balaban J connectivity index is 2.14. The quantitative estimate of drug-likeness (QED) is 0.740. The first-order chi connectivity index (χ1) is 6.26. The highest BCUT2D eigenvalue weighted by Crippen LogP contribution is 2.39. The van der Waals surface area contributed by atoms with E-state index in [0.717, 1.165) is 18.4 Å². The van der Waals surface area contributed by atoms with E-state index in [4.69, 9.17) is 10.5 Å². The first-order valence-corrected chi connectivity index (χ1v) is 4.41. The van der Waals surface area contributed by atoms with Crippen molar-refractivity contribution in [3.8, 4) is 5.88 Å². The number of nitrogens with zero attached hydrogens (tertiary/aromatic N) is 2. The van der Waals surface area contributed by atoms with Crippen LogP contribution in [-0.4, -0.2) is 22.1 Å². The normalized spacial score (nSPS) is 18.3. The largest absolute Gasteiger partial charge is 0.469 e. The van der Waals surface area contributed by atoms with E-state index in [9.17, 15) is 0 Å². The SMILES string of the molecule is Cc1cncnc1OC1(CN)CC1. The van der Waals surface area contributed by atoms with E-state index in [1.165, 1.54) is 6.33 Å². The van der Waals surface area contributed by atoms with Crippen LogP contribution in [0.25, 0.3) is 0 Å². The Hall–Kier alpha value is -1.16. The number of hydrogen-bond donors (Lipinski definition) is 1. The number of aromatic nitrogens is 2. The fraction of sp³-hybridized carbons (Fsp3) is 0.556. The van der Waals surface area contributed by atoms with Gasteiger partial charge in [-0.3, -0.25) is 0 Å². The molecular weight excluding hydrogens is 166 g/mol. The van der Waals surface area contributed by atoms with Crippen molar-refractivity contribution in [3.63, 3.8) is 0 Å². The Morgan fingerprint density at radius 1 is 1.62 bits per heavy atom. The van der Waals surface area contributed by atoms with Crippen LogP contribution in [-0.2, 0) is 0 Å². The van der Waals surface area contributed by atoms with Crippen molar-refractivity contribution in [2.45, 2.75) is 25.4 Å². The van der Waals surface area contributed by atoms with Crippen molar-refractivity contribution >= 4 is 0 Å². The van der Waals surface area contributed by atoms with Gasteiger partial charge in [-0.15, -0.1) is 0 Å². The van der Waals surface area contributed by atoms with Crippen molar-refractivity contribution in [3.05, 3.63) is 18.1 Å². The molecule has 0 spiro atoms. The fourth-order valence-electron chi connectivity index (χ4n) is 1.19. The molecule has 0 bridgehead atoms. The summed E-state index contributed by atoms with van der Waals surface area (Å²) in [7, 11) is 0. The molecule has 4 heteroatoms. The van der Waals surface area contributed by atoms with Crippen molar-refractivity contribution in [2.75, 3.05) is 6.54 Å². The zero-order valence-electron chi connectivity index (χ0n) is 7.66. The van der Waals surface area contributed by atoms with Gasteiger partial charge in [0, 0.05) is 18.3 Å². The zero-order valence-corrected chi connectivity index (χ0v) is 7.66. The molecule has 1 aromatic rings. The molecule has 1 aliphatic carbocycles. The van der Waals surface area contributed by atoms with Crippen LogP contribution in [0.4, 0.5) is 0 Å². The van der Waals surface area contributed by atoms with Gasteiger partial charge in [0.25, 0.3) is 0 Å². The molecule has 13 heavy (non-hydrogen) atoms. The number of rotatable bonds is 3. The maximum atomic E-state index is 5.72. The van der Waals surface area contributed by atoms with E-state index in [2.05, 4.69) is 9.97 Å². The number of nitrogens with two attached hydrogens (primary N) is 1. The zero-order chi connectivity index (χ0) is 9.31. The van der Waals surface area contributed by atoms with Crippen LogP contribution < -0.4 is 10.5 Å². The Kier molecular flexibility index (Phi) is 1.92. The van der Waals surface area contributed by atoms with E-state index in [0.29, 0.717) is 12.4 Å². The molecule has 0 aromatic carbocycles. The summed E-state index contributed by atoms with van der Waals surface area (Å²) >= 11 is 0. The monoisotopic (exact) mass is 179 g/mol. The van der Waals surface area contributed by atoms with Crippen LogP contribution >= 0.6 is 0 Å². The maximum Gasteiger partial charge on any atom is 0.219 e. The first kappa shape index (κ1) is 8.44. The second-order valence-corrected chi connectivity index (χ2v) is 3.50. The molecule has 0 saturated heterocycles. The fourth-order valence-corrected chi connectivity index (χ4v) is 1.19. The van der Waals surface area contributed by atoms with Crippen molar-refractivity contribution < 1.29 is 4.74 Å². The van der Waals surface area contributed by atoms with Gasteiger partial charge in [-0.1, -0.05) is 0 Å². The minimum Gasteiger partial charge on any atom is -0.469 e. The second kappa shape index (κ2) is 2.96. The van der Waals surface area contributed by atoms with E-state index in [1.807, 2.05) is 6.92 Å². The van der Waals surface area contributed by atoms with E-state index >= 15 is 0 Å². The Bertz CT molecular complexity index is 309. The van der Waals surface area contributed by atoms with Crippen molar-refractivity contribution in [1.82, 2.24) is 9.97 Å². The standard InChI is InChI=1S/C9H13N3O/c1-7-4-11-6-12-8(7)13-9(5-10)2-3-9/h4,6H,2-3,5,10H2,1H3. The van der Waals surface area contributed by atoms with Gasteiger partial charge in [-0.25, -0.2) is 9.97 Å². The molecule has 2 rings (SSSR count). The summed E-state index contributed by atoms with van der Waals surface area (Å²) in [5.74, 6) is 0.665.